The molecular formula is C13H17FN2O2. The molecule has 5 heteroatoms. The zero-order valence-corrected chi connectivity index (χ0v) is 10.3. The van der Waals surface area contributed by atoms with Crippen LogP contribution in [0.25, 0.3) is 0 Å². The smallest absolute Gasteiger partial charge is 0.222 e. The quantitative estimate of drug-likeness (QED) is 0.851. The van der Waals surface area contributed by atoms with Crippen LogP contribution < -0.4 is 5.32 Å². The summed E-state index contributed by atoms with van der Waals surface area (Å²) in [7, 11) is 1.79. The summed E-state index contributed by atoms with van der Waals surface area (Å²) in [6.07, 6.45) is 1.36. The van der Waals surface area contributed by atoms with Gasteiger partial charge in [-0.15, -0.1) is 0 Å². The van der Waals surface area contributed by atoms with Crippen molar-refractivity contribution in [3.05, 3.63) is 29.6 Å². The van der Waals surface area contributed by atoms with Gasteiger partial charge in [0, 0.05) is 32.6 Å². The molecule has 2 N–H and O–H groups in total. The first kappa shape index (κ1) is 12.8. The summed E-state index contributed by atoms with van der Waals surface area (Å²) >= 11 is 0. The first-order valence-electron chi connectivity index (χ1n) is 6.01. The molecule has 0 aromatic heterocycles. The SMILES string of the molecule is CN1CC(NCc2ccc(O)c(F)c2)CCC1=O. The number of phenols is 1. The molecule has 4 nitrogen and oxygen atoms in total. The Morgan fingerprint density at radius 1 is 1.56 bits per heavy atom. The van der Waals surface area contributed by atoms with Gasteiger partial charge in [0.1, 0.15) is 0 Å². The van der Waals surface area contributed by atoms with Crippen LogP contribution >= 0.6 is 0 Å². The largest absolute Gasteiger partial charge is 0.505 e. The van der Waals surface area contributed by atoms with Crippen LogP contribution in [0, 0.1) is 5.82 Å². The van der Waals surface area contributed by atoms with Crippen molar-refractivity contribution >= 4 is 5.91 Å². The van der Waals surface area contributed by atoms with Gasteiger partial charge in [-0.3, -0.25) is 4.79 Å². The molecule has 0 radical (unpaired) electrons. The standard InChI is InChI=1S/C13H17FN2O2/c1-16-8-10(3-5-13(16)18)15-7-9-2-4-12(17)11(14)6-9/h2,4,6,10,15,17H,3,5,7-8H2,1H3. The number of benzene rings is 1. The number of carbonyl (C=O) groups excluding carboxylic acids is 1. The minimum absolute atomic E-state index is 0.170. The van der Waals surface area contributed by atoms with Crippen molar-refractivity contribution in [2.75, 3.05) is 13.6 Å². The van der Waals surface area contributed by atoms with Crippen LogP contribution in [0.3, 0.4) is 0 Å². The van der Waals surface area contributed by atoms with Crippen molar-refractivity contribution < 1.29 is 14.3 Å². The van der Waals surface area contributed by atoms with E-state index in [0.717, 1.165) is 12.0 Å². The lowest BCUT2D eigenvalue weighted by Crippen LogP contribution is -2.46. The Labute approximate surface area is 105 Å². The lowest BCUT2D eigenvalue weighted by atomic mass is 10.1. The van der Waals surface area contributed by atoms with Gasteiger partial charge < -0.3 is 15.3 Å². The topological polar surface area (TPSA) is 52.6 Å². The average molecular weight is 252 g/mol. The fourth-order valence-corrected chi connectivity index (χ4v) is 2.10. The second kappa shape index (κ2) is 5.35. The number of carbonyl (C=O) groups is 1. The van der Waals surface area contributed by atoms with Gasteiger partial charge in [0.05, 0.1) is 0 Å². The third-order valence-electron chi connectivity index (χ3n) is 3.23. The molecule has 0 bridgehead atoms. The average Bonchev–Trinajstić information content (AvgIpc) is 2.35. The van der Waals surface area contributed by atoms with Gasteiger partial charge in [-0.2, -0.15) is 0 Å². The second-order valence-electron chi connectivity index (χ2n) is 4.68. The lowest BCUT2D eigenvalue weighted by Gasteiger charge is -2.30. The molecule has 1 fully saturated rings. The molecule has 1 aliphatic heterocycles. The fraction of sp³-hybridized carbons (Fsp3) is 0.462. The molecule has 1 saturated heterocycles. The molecule has 2 rings (SSSR count). The van der Waals surface area contributed by atoms with E-state index in [9.17, 15) is 9.18 Å². The van der Waals surface area contributed by atoms with Crippen LogP contribution in [0.4, 0.5) is 4.39 Å². The van der Waals surface area contributed by atoms with Crippen LogP contribution in [-0.4, -0.2) is 35.5 Å². The Morgan fingerprint density at radius 2 is 2.33 bits per heavy atom. The molecule has 1 unspecified atom stereocenters. The van der Waals surface area contributed by atoms with Gasteiger partial charge in [-0.25, -0.2) is 4.39 Å². The van der Waals surface area contributed by atoms with Gasteiger partial charge in [0.2, 0.25) is 5.91 Å². The molecule has 1 amide bonds. The molecule has 1 heterocycles. The number of aromatic hydroxyl groups is 1. The number of rotatable bonds is 3. The van der Waals surface area contributed by atoms with Gasteiger partial charge in [-0.1, -0.05) is 6.07 Å². The molecule has 0 saturated carbocycles. The van der Waals surface area contributed by atoms with Gasteiger partial charge >= 0.3 is 0 Å². The van der Waals surface area contributed by atoms with Gasteiger partial charge in [0.15, 0.2) is 11.6 Å². The first-order chi connectivity index (χ1) is 8.56. The highest BCUT2D eigenvalue weighted by Crippen LogP contribution is 2.16. The number of halogens is 1. The predicted molar refractivity (Wildman–Crippen MR) is 65.6 cm³/mol. The van der Waals surface area contributed by atoms with E-state index >= 15 is 0 Å². The molecule has 1 aromatic rings. The Kier molecular flexibility index (Phi) is 3.81. The maximum absolute atomic E-state index is 13.1. The van der Waals surface area contributed by atoms with Crippen molar-refractivity contribution in [2.24, 2.45) is 0 Å². The maximum Gasteiger partial charge on any atom is 0.222 e. The maximum atomic E-state index is 13.1. The summed E-state index contributed by atoms with van der Waals surface area (Å²) in [5.41, 5.74) is 0.782. The van der Waals surface area contributed by atoms with E-state index in [-0.39, 0.29) is 17.7 Å². The number of phenolic OH excluding ortho intramolecular Hbond substituents is 1. The number of likely N-dealkylation sites (tertiary alicyclic amines) is 1. The Hall–Kier alpha value is -1.62. The highest BCUT2D eigenvalue weighted by atomic mass is 19.1. The zero-order chi connectivity index (χ0) is 13.1. The number of piperidine rings is 1. The first-order valence-corrected chi connectivity index (χ1v) is 6.01. The van der Waals surface area contributed by atoms with Crippen molar-refractivity contribution in [2.45, 2.75) is 25.4 Å². The fourth-order valence-electron chi connectivity index (χ4n) is 2.10. The minimum Gasteiger partial charge on any atom is -0.505 e. The van der Waals surface area contributed by atoms with Crippen molar-refractivity contribution in [1.82, 2.24) is 10.2 Å². The van der Waals surface area contributed by atoms with Crippen molar-refractivity contribution in [1.29, 1.82) is 0 Å². The zero-order valence-electron chi connectivity index (χ0n) is 10.3. The van der Waals surface area contributed by atoms with E-state index < -0.39 is 5.82 Å². The Morgan fingerprint density at radius 3 is 3.00 bits per heavy atom. The summed E-state index contributed by atoms with van der Waals surface area (Å²) in [6, 6.07) is 4.59. The summed E-state index contributed by atoms with van der Waals surface area (Å²) in [4.78, 5) is 13.0. The van der Waals surface area contributed by atoms with E-state index in [0.29, 0.717) is 19.5 Å². The predicted octanol–water partition coefficient (Wildman–Crippen LogP) is 1.24. The Bertz CT molecular complexity index is 451. The molecule has 0 aliphatic carbocycles. The number of nitrogens with one attached hydrogen (secondary N) is 1. The van der Waals surface area contributed by atoms with E-state index in [1.54, 1.807) is 18.0 Å². The van der Waals surface area contributed by atoms with Gasteiger partial charge in [0.25, 0.3) is 0 Å². The van der Waals surface area contributed by atoms with E-state index in [4.69, 9.17) is 5.11 Å². The third-order valence-corrected chi connectivity index (χ3v) is 3.23. The van der Waals surface area contributed by atoms with E-state index in [1.165, 1.54) is 12.1 Å². The monoisotopic (exact) mass is 252 g/mol. The highest BCUT2D eigenvalue weighted by Gasteiger charge is 2.22. The van der Waals surface area contributed by atoms with E-state index in [1.807, 2.05) is 0 Å². The number of likely N-dealkylation sites (N-methyl/N-ethyl adjacent to an activating group) is 1. The number of hydrogen-bond donors (Lipinski definition) is 2. The molecule has 18 heavy (non-hydrogen) atoms. The number of nitrogens with zero attached hydrogens (tertiary/aromatic N) is 1. The van der Waals surface area contributed by atoms with Crippen LogP contribution in [0.5, 0.6) is 5.75 Å². The molecular weight excluding hydrogens is 235 g/mol. The van der Waals surface area contributed by atoms with Gasteiger partial charge in [-0.05, 0) is 24.1 Å². The van der Waals surface area contributed by atoms with Crippen molar-refractivity contribution in [3.8, 4) is 5.75 Å². The number of amides is 1. The van der Waals surface area contributed by atoms with Crippen LogP contribution in [0.2, 0.25) is 0 Å². The lowest BCUT2D eigenvalue weighted by molar-refractivity contribution is -0.132. The molecule has 0 spiro atoms. The third kappa shape index (κ3) is 2.98. The second-order valence-corrected chi connectivity index (χ2v) is 4.68. The Balaban J connectivity index is 1.88. The van der Waals surface area contributed by atoms with Crippen LogP contribution in [0.1, 0.15) is 18.4 Å². The van der Waals surface area contributed by atoms with Crippen LogP contribution in [0.15, 0.2) is 18.2 Å². The molecule has 1 aromatic carbocycles. The number of hydrogen-bond acceptors (Lipinski definition) is 3. The van der Waals surface area contributed by atoms with Crippen LogP contribution in [-0.2, 0) is 11.3 Å². The summed E-state index contributed by atoms with van der Waals surface area (Å²) in [6.45, 7) is 1.21. The molecule has 1 aliphatic rings. The highest BCUT2D eigenvalue weighted by molar-refractivity contribution is 5.76. The molecule has 1 atom stereocenters. The summed E-state index contributed by atoms with van der Waals surface area (Å²) in [5.74, 6) is -0.768. The minimum atomic E-state index is -0.606. The van der Waals surface area contributed by atoms with E-state index in [2.05, 4.69) is 5.32 Å². The summed E-state index contributed by atoms with van der Waals surface area (Å²) in [5, 5.41) is 12.4. The summed E-state index contributed by atoms with van der Waals surface area (Å²) < 4.78 is 13.1. The van der Waals surface area contributed by atoms with Crippen molar-refractivity contribution in [3.63, 3.8) is 0 Å². The molecule has 98 valence electrons. The normalized spacial score (nSPS) is 20.2.